The molecule has 21 heavy (non-hydrogen) atoms. The molecule has 1 aromatic carbocycles. The Kier molecular flexibility index (Phi) is 3.37. The maximum atomic E-state index is 12.6. The van der Waals surface area contributed by atoms with Crippen LogP contribution in [0.3, 0.4) is 0 Å². The molecule has 6 heteroatoms. The van der Waals surface area contributed by atoms with E-state index in [-0.39, 0.29) is 18.5 Å². The van der Waals surface area contributed by atoms with Gasteiger partial charge >= 0.3 is 5.97 Å². The molecule has 1 unspecified atom stereocenters. The molecule has 0 bridgehead atoms. The molecule has 1 aliphatic rings. The summed E-state index contributed by atoms with van der Waals surface area (Å²) < 4.78 is 1.80. The van der Waals surface area contributed by atoms with Gasteiger partial charge in [-0.2, -0.15) is 0 Å². The van der Waals surface area contributed by atoms with Crippen LogP contribution in [0.5, 0.6) is 0 Å². The fourth-order valence-electron chi connectivity index (χ4n) is 2.56. The molecule has 0 spiro atoms. The van der Waals surface area contributed by atoms with Crippen molar-refractivity contribution in [3.8, 4) is 0 Å². The number of carboxylic acids is 1. The number of rotatable bonds is 5. The van der Waals surface area contributed by atoms with Crippen molar-refractivity contribution in [1.29, 1.82) is 0 Å². The minimum absolute atomic E-state index is 0.0748. The molecule has 1 heterocycles. The summed E-state index contributed by atoms with van der Waals surface area (Å²) in [6.45, 7) is 1.55. The number of fused-ring (bicyclic) bond motifs is 1. The predicted octanol–water partition coefficient (Wildman–Crippen LogP) is 1.67. The molecule has 0 radical (unpaired) electrons. The first-order chi connectivity index (χ1) is 10.1. The smallest absolute Gasteiger partial charge is 0.323 e. The third kappa shape index (κ3) is 2.61. The van der Waals surface area contributed by atoms with E-state index < -0.39 is 12.0 Å². The minimum Gasteiger partial charge on any atom is -0.480 e. The normalized spacial score (nSPS) is 15.9. The standard InChI is InChI=1S/C15H17N3O3/c1-10(15(21)17(8-14(19)20)11-6-7-11)18-9-16-12-4-2-3-5-13(12)18/h2-5,9-11H,6-8H2,1H3,(H,19,20). The van der Waals surface area contributed by atoms with E-state index in [1.165, 1.54) is 4.90 Å². The summed E-state index contributed by atoms with van der Waals surface area (Å²) in [7, 11) is 0. The number of carboxylic acid groups (broad SMARTS) is 1. The van der Waals surface area contributed by atoms with Gasteiger partial charge in [-0.15, -0.1) is 0 Å². The van der Waals surface area contributed by atoms with Gasteiger partial charge in [0.15, 0.2) is 0 Å². The monoisotopic (exact) mass is 287 g/mol. The molecule has 1 saturated carbocycles. The molecule has 2 aromatic rings. The van der Waals surface area contributed by atoms with Crippen LogP contribution in [0.15, 0.2) is 30.6 Å². The van der Waals surface area contributed by atoms with E-state index in [9.17, 15) is 9.59 Å². The third-order valence-electron chi connectivity index (χ3n) is 3.83. The van der Waals surface area contributed by atoms with E-state index in [1.54, 1.807) is 17.8 Å². The lowest BCUT2D eigenvalue weighted by Crippen LogP contribution is -2.41. The van der Waals surface area contributed by atoms with Crippen molar-refractivity contribution in [2.24, 2.45) is 0 Å². The second kappa shape index (κ2) is 5.20. The molecule has 1 amide bonds. The van der Waals surface area contributed by atoms with Crippen molar-refractivity contribution in [3.05, 3.63) is 30.6 Å². The first-order valence-electron chi connectivity index (χ1n) is 7.02. The van der Waals surface area contributed by atoms with E-state index in [2.05, 4.69) is 4.98 Å². The lowest BCUT2D eigenvalue weighted by molar-refractivity contribution is -0.146. The first kappa shape index (κ1) is 13.6. The molecule has 0 saturated heterocycles. The van der Waals surface area contributed by atoms with Crippen LogP contribution in [0.4, 0.5) is 0 Å². The Balaban J connectivity index is 1.87. The van der Waals surface area contributed by atoms with Gasteiger partial charge in [-0.3, -0.25) is 9.59 Å². The van der Waals surface area contributed by atoms with Crippen molar-refractivity contribution >= 4 is 22.9 Å². The van der Waals surface area contributed by atoms with Crippen LogP contribution in [0.1, 0.15) is 25.8 Å². The second-order valence-electron chi connectivity index (χ2n) is 5.41. The number of hydrogen-bond acceptors (Lipinski definition) is 3. The van der Waals surface area contributed by atoms with E-state index in [0.29, 0.717) is 0 Å². The van der Waals surface area contributed by atoms with Gasteiger partial charge in [0.2, 0.25) is 5.91 Å². The Morgan fingerprint density at radius 1 is 1.43 bits per heavy atom. The first-order valence-corrected chi connectivity index (χ1v) is 7.02. The molecule has 6 nitrogen and oxygen atoms in total. The topological polar surface area (TPSA) is 75.4 Å². The average Bonchev–Trinajstić information content (AvgIpc) is 3.22. The van der Waals surface area contributed by atoms with Gasteiger partial charge < -0.3 is 14.6 Å². The SMILES string of the molecule is CC(C(=O)N(CC(=O)O)C1CC1)n1cnc2ccccc21. The molecular weight excluding hydrogens is 270 g/mol. The van der Waals surface area contributed by atoms with Crippen LogP contribution in [0, 0.1) is 0 Å². The number of imidazole rings is 1. The van der Waals surface area contributed by atoms with Crippen LogP contribution in [-0.2, 0) is 9.59 Å². The number of carbonyl (C=O) groups is 2. The van der Waals surface area contributed by atoms with Gasteiger partial charge in [-0.25, -0.2) is 4.98 Å². The second-order valence-corrected chi connectivity index (χ2v) is 5.41. The van der Waals surface area contributed by atoms with Crippen LogP contribution in [0.25, 0.3) is 11.0 Å². The summed E-state index contributed by atoms with van der Waals surface area (Å²) in [6.07, 6.45) is 3.41. The van der Waals surface area contributed by atoms with Crippen LogP contribution in [0.2, 0.25) is 0 Å². The number of nitrogens with zero attached hydrogens (tertiary/aromatic N) is 3. The van der Waals surface area contributed by atoms with Crippen molar-refractivity contribution < 1.29 is 14.7 Å². The summed E-state index contributed by atoms with van der Waals surface area (Å²) in [5.41, 5.74) is 1.71. The zero-order chi connectivity index (χ0) is 15.0. The minimum atomic E-state index is -0.974. The van der Waals surface area contributed by atoms with Crippen LogP contribution in [-0.4, -0.2) is 44.0 Å². The molecular formula is C15H17N3O3. The maximum Gasteiger partial charge on any atom is 0.323 e. The number of carbonyl (C=O) groups excluding carboxylic acids is 1. The fraction of sp³-hybridized carbons (Fsp3) is 0.400. The lowest BCUT2D eigenvalue weighted by atomic mass is 10.2. The van der Waals surface area contributed by atoms with Gasteiger partial charge in [0.05, 0.1) is 17.4 Å². The summed E-state index contributed by atoms with van der Waals surface area (Å²) >= 11 is 0. The molecule has 1 N–H and O–H groups in total. The van der Waals surface area contributed by atoms with Crippen LogP contribution < -0.4 is 0 Å². The van der Waals surface area contributed by atoms with Gasteiger partial charge in [-0.1, -0.05) is 12.1 Å². The average molecular weight is 287 g/mol. The highest BCUT2D eigenvalue weighted by atomic mass is 16.4. The van der Waals surface area contributed by atoms with Gasteiger partial charge in [0.1, 0.15) is 12.6 Å². The Morgan fingerprint density at radius 3 is 2.81 bits per heavy atom. The molecule has 0 aliphatic heterocycles. The molecule has 1 atom stereocenters. The van der Waals surface area contributed by atoms with E-state index >= 15 is 0 Å². The summed E-state index contributed by atoms with van der Waals surface area (Å²) in [4.78, 5) is 29.3. The number of benzene rings is 1. The van der Waals surface area contributed by atoms with Gasteiger partial charge in [0, 0.05) is 6.04 Å². The zero-order valence-electron chi connectivity index (χ0n) is 11.8. The highest BCUT2D eigenvalue weighted by molar-refractivity contribution is 5.86. The largest absolute Gasteiger partial charge is 0.480 e. The highest BCUT2D eigenvalue weighted by Gasteiger charge is 2.36. The van der Waals surface area contributed by atoms with E-state index in [0.717, 1.165) is 23.9 Å². The molecule has 1 fully saturated rings. The Hall–Kier alpha value is -2.37. The molecule has 110 valence electrons. The number of para-hydroxylation sites is 2. The van der Waals surface area contributed by atoms with Gasteiger partial charge in [-0.05, 0) is 31.9 Å². The zero-order valence-corrected chi connectivity index (χ0v) is 11.8. The quantitative estimate of drug-likeness (QED) is 0.907. The van der Waals surface area contributed by atoms with E-state index in [4.69, 9.17) is 5.11 Å². The summed E-state index contributed by atoms with van der Waals surface area (Å²) in [6, 6.07) is 7.20. The number of hydrogen-bond donors (Lipinski definition) is 1. The Bertz CT molecular complexity index is 690. The highest BCUT2D eigenvalue weighted by Crippen LogP contribution is 2.29. The summed E-state index contributed by atoms with van der Waals surface area (Å²) in [5.74, 6) is -1.14. The van der Waals surface area contributed by atoms with Crippen molar-refractivity contribution in [3.63, 3.8) is 0 Å². The Labute approximate surface area is 122 Å². The molecule has 1 aliphatic carbocycles. The Morgan fingerprint density at radius 2 is 2.14 bits per heavy atom. The molecule has 3 rings (SSSR count). The van der Waals surface area contributed by atoms with Crippen molar-refractivity contribution in [2.75, 3.05) is 6.54 Å². The maximum absolute atomic E-state index is 12.6. The molecule has 1 aromatic heterocycles. The van der Waals surface area contributed by atoms with Crippen LogP contribution >= 0.6 is 0 Å². The van der Waals surface area contributed by atoms with E-state index in [1.807, 2.05) is 24.3 Å². The van der Waals surface area contributed by atoms with Gasteiger partial charge in [0.25, 0.3) is 0 Å². The number of aliphatic carboxylic acids is 1. The number of aromatic nitrogens is 2. The fourth-order valence-corrected chi connectivity index (χ4v) is 2.56. The summed E-state index contributed by atoms with van der Waals surface area (Å²) in [5, 5.41) is 8.98. The number of amides is 1. The van der Waals surface area contributed by atoms with Crippen molar-refractivity contribution in [1.82, 2.24) is 14.5 Å². The third-order valence-corrected chi connectivity index (χ3v) is 3.83. The lowest BCUT2D eigenvalue weighted by Gasteiger charge is -2.25. The van der Waals surface area contributed by atoms with Crippen molar-refractivity contribution in [2.45, 2.75) is 31.8 Å². The predicted molar refractivity (Wildman–Crippen MR) is 76.8 cm³/mol.